The van der Waals surface area contributed by atoms with Crippen molar-refractivity contribution in [3.8, 4) is 5.69 Å². The van der Waals surface area contributed by atoms with Crippen molar-refractivity contribution in [2.24, 2.45) is 5.73 Å². The van der Waals surface area contributed by atoms with Crippen molar-refractivity contribution in [2.45, 2.75) is 12.6 Å². The Kier molecular flexibility index (Phi) is 3.38. The molecule has 2 N–H and O–H groups in total. The predicted molar refractivity (Wildman–Crippen MR) is 61.3 cm³/mol. The van der Waals surface area contributed by atoms with Gasteiger partial charge in [-0.2, -0.15) is 18.3 Å². The van der Waals surface area contributed by atoms with Crippen molar-refractivity contribution in [1.29, 1.82) is 0 Å². The maximum Gasteiger partial charge on any atom is 0.435 e. The molecule has 96 valence electrons. The minimum absolute atomic E-state index is 0.274. The third kappa shape index (κ3) is 2.53. The van der Waals surface area contributed by atoms with E-state index in [9.17, 15) is 13.2 Å². The van der Waals surface area contributed by atoms with Gasteiger partial charge < -0.3 is 5.73 Å². The monoisotopic (exact) mass is 255 g/mol. The fourth-order valence-electron chi connectivity index (χ4n) is 1.68. The van der Waals surface area contributed by atoms with Gasteiger partial charge in [-0.25, -0.2) is 4.68 Å². The SMILES string of the molecule is NCCc1cc(C(F)(F)F)nn1-c1ccccc1. The second kappa shape index (κ2) is 4.81. The van der Waals surface area contributed by atoms with E-state index >= 15 is 0 Å². The highest BCUT2D eigenvalue weighted by molar-refractivity contribution is 5.33. The zero-order valence-corrected chi connectivity index (χ0v) is 9.48. The van der Waals surface area contributed by atoms with Crippen LogP contribution in [0.25, 0.3) is 5.69 Å². The van der Waals surface area contributed by atoms with Crippen LogP contribution in [0.1, 0.15) is 11.4 Å². The van der Waals surface area contributed by atoms with Crippen LogP contribution >= 0.6 is 0 Å². The second-order valence-corrected chi connectivity index (χ2v) is 3.80. The lowest BCUT2D eigenvalue weighted by Crippen LogP contribution is -2.09. The number of alkyl halides is 3. The highest BCUT2D eigenvalue weighted by atomic mass is 19.4. The standard InChI is InChI=1S/C12H12F3N3/c13-12(14,15)11-8-10(6-7-16)18(17-11)9-4-2-1-3-5-9/h1-5,8H,6-7,16H2. The Morgan fingerprint density at radius 2 is 1.83 bits per heavy atom. The molecule has 0 aliphatic heterocycles. The molecule has 0 aliphatic carbocycles. The molecule has 0 aliphatic rings. The van der Waals surface area contributed by atoms with Gasteiger partial charge in [0.1, 0.15) is 0 Å². The zero-order chi connectivity index (χ0) is 13.2. The molecule has 0 saturated heterocycles. The molecule has 0 atom stereocenters. The molecule has 1 aromatic heterocycles. The van der Waals surface area contributed by atoms with Gasteiger partial charge in [0.2, 0.25) is 0 Å². The molecular formula is C12H12F3N3. The van der Waals surface area contributed by atoms with Gasteiger partial charge in [0.15, 0.2) is 5.69 Å². The molecule has 6 heteroatoms. The number of rotatable bonds is 3. The summed E-state index contributed by atoms with van der Waals surface area (Å²) in [7, 11) is 0. The number of hydrogen-bond donors (Lipinski definition) is 1. The van der Waals surface area contributed by atoms with Gasteiger partial charge in [0.25, 0.3) is 0 Å². The molecular weight excluding hydrogens is 243 g/mol. The fourth-order valence-corrected chi connectivity index (χ4v) is 1.68. The summed E-state index contributed by atoms with van der Waals surface area (Å²) in [6.45, 7) is 0.274. The number of nitrogens with zero attached hydrogens (tertiary/aromatic N) is 2. The van der Waals surface area contributed by atoms with E-state index in [0.29, 0.717) is 17.8 Å². The molecule has 3 nitrogen and oxygen atoms in total. The quantitative estimate of drug-likeness (QED) is 0.915. The fraction of sp³-hybridized carbons (Fsp3) is 0.250. The molecule has 1 aromatic carbocycles. The summed E-state index contributed by atoms with van der Waals surface area (Å²) in [5.74, 6) is 0. The Hall–Kier alpha value is -1.82. The normalized spacial score (nSPS) is 11.8. The van der Waals surface area contributed by atoms with Crippen LogP contribution in [0.15, 0.2) is 36.4 Å². The molecule has 0 amide bonds. The first-order valence-electron chi connectivity index (χ1n) is 5.44. The number of para-hydroxylation sites is 1. The number of nitrogens with two attached hydrogens (primary N) is 1. The van der Waals surface area contributed by atoms with Crippen LogP contribution in [0.2, 0.25) is 0 Å². The smallest absolute Gasteiger partial charge is 0.330 e. The maximum absolute atomic E-state index is 12.6. The third-order valence-corrected chi connectivity index (χ3v) is 2.47. The number of halogens is 3. The molecule has 18 heavy (non-hydrogen) atoms. The topological polar surface area (TPSA) is 43.8 Å². The van der Waals surface area contributed by atoms with Gasteiger partial charge in [-0.1, -0.05) is 18.2 Å². The molecule has 1 heterocycles. The average molecular weight is 255 g/mol. The van der Waals surface area contributed by atoms with Crippen LogP contribution in [0.5, 0.6) is 0 Å². The van der Waals surface area contributed by atoms with Crippen molar-refractivity contribution < 1.29 is 13.2 Å². The molecule has 0 saturated carbocycles. The van der Waals surface area contributed by atoms with E-state index in [1.807, 2.05) is 0 Å². The Morgan fingerprint density at radius 3 is 2.39 bits per heavy atom. The second-order valence-electron chi connectivity index (χ2n) is 3.80. The lowest BCUT2D eigenvalue weighted by Gasteiger charge is -2.06. The van der Waals surface area contributed by atoms with Crippen LogP contribution in [0.3, 0.4) is 0 Å². The molecule has 2 aromatic rings. The predicted octanol–water partition coefficient (Wildman–Crippen LogP) is 2.39. The van der Waals surface area contributed by atoms with Gasteiger partial charge in [-0.15, -0.1) is 0 Å². The minimum Gasteiger partial charge on any atom is -0.330 e. The summed E-state index contributed by atoms with van der Waals surface area (Å²) in [6, 6.07) is 9.73. The first kappa shape index (κ1) is 12.6. The van der Waals surface area contributed by atoms with Crippen molar-refractivity contribution in [2.75, 3.05) is 6.54 Å². The van der Waals surface area contributed by atoms with Gasteiger partial charge >= 0.3 is 6.18 Å². The van der Waals surface area contributed by atoms with Crippen molar-refractivity contribution in [3.63, 3.8) is 0 Å². The van der Waals surface area contributed by atoms with Gasteiger partial charge in [0.05, 0.1) is 5.69 Å². The Balaban J connectivity index is 2.49. The first-order chi connectivity index (χ1) is 8.52. The molecule has 0 fully saturated rings. The van der Waals surface area contributed by atoms with Crippen molar-refractivity contribution in [1.82, 2.24) is 9.78 Å². The van der Waals surface area contributed by atoms with Crippen molar-refractivity contribution in [3.05, 3.63) is 47.8 Å². The van der Waals surface area contributed by atoms with Crippen LogP contribution in [-0.4, -0.2) is 16.3 Å². The average Bonchev–Trinajstić information content (AvgIpc) is 2.75. The lowest BCUT2D eigenvalue weighted by molar-refractivity contribution is -0.141. The van der Waals surface area contributed by atoms with Gasteiger partial charge in [0, 0.05) is 12.1 Å². The maximum atomic E-state index is 12.6. The zero-order valence-electron chi connectivity index (χ0n) is 9.48. The van der Waals surface area contributed by atoms with Gasteiger partial charge in [-0.05, 0) is 24.7 Å². The van der Waals surface area contributed by atoms with Crippen LogP contribution in [0.4, 0.5) is 13.2 Å². The highest BCUT2D eigenvalue weighted by Gasteiger charge is 2.34. The van der Waals surface area contributed by atoms with Crippen LogP contribution < -0.4 is 5.73 Å². The van der Waals surface area contributed by atoms with E-state index in [1.165, 1.54) is 4.68 Å². The third-order valence-electron chi connectivity index (χ3n) is 2.47. The molecule has 0 radical (unpaired) electrons. The summed E-state index contributed by atoms with van der Waals surface area (Å²) in [5.41, 5.74) is 5.56. The molecule has 0 unspecified atom stereocenters. The molecule has 2 rings (SSSR count). The number of benzene rings is 1. The minimum atomic E-state index is -4.44. The van der Waals surface area contributed by atoms with E-state index in [-0.39, 0.29) is 6.54 Å². The summed E-state index contributed by atoms with van der Waals surface area (Å²) in [5, 5.41) is 3.61. The van der Waals surface area contributed by atoms with Crippen LogP contribution in [0, 0.1) is 0 Å². The summed E-state index contributed by atoms with van der Waals surface area (Å²) < 4.78 is 39.2. The summed E-state index contributed by atoms with van der Waals surface area (Å²) >= 11 is 0. The highest BCUT2D eigenvalue weighted by Crippen LogP contribution is 2.29. The lowest BCUT2D eigenvalue weighted by atomic mass is 10.2. The Morgan fingerprint density at radius 1 is 1.17 bits per heavy atom. The number of aromatic nitrogens is 2. The van der Waals surface area contributed by atoms with E-state index in [4.69, 9.17) is 5.73 Å². The molecule has 0 spiro atoms. The summed E-state index contributed by atoms with van der Waals surface area (Å²) in [4.78, 5) is 0. The van der Waals surface area contributed by atoms with E-state index < -0.39 is 11.9 Å². The van der Waals surface area contributed by atoms with Crippen LogP contribution in [-0.2, 0) is 12.6 Å². The largest absolute Gasteiger partial charge is 0.435 e. The van der Waals surface area contributed by atoms with Crippen molar-refractivity contribution >= 4 is 0 Å². The number of hydrogen-bond acceptors (Lipinski definition) is 2. The van der Waals surface area contributed by atoms with E-state index in [0.717, 1.165) is 6.07 Å². The summed E-state index contributed by atoms with van der Waals surface area (Å²) in [6.07, 6.45) is -4.10. The Bertz CT molecular complexity index is 517. The van der Waals surface area contributed by atoms with E-state index in [2.05, 4.69) is 5.10 Å². The van der Waals surface area contributed by atoms with Gasteiger partial charge in [-0.3, -0.25) is 0 Å². The first-order valence-corrected chi connectivity index (χ1v) is 5.44. The molecule has 0 bridgehead atoms. The van der Waals surface area contributed by atoms with E-state index in [1.54, 1.807) is 30.3 Å². The Labute approximate surface area is 102 Å².